The lowest BCUT2D eigenvalue weighted by atomic mass is 9.82. The number of hydrogen-bond donors (Lipinski definition) is 0. The summed E-state index contributed by atoms with van der Waals surface area (Å²) in [6.07, 6.45) is 5.61. The molecule has 0 saturated carbocycles. The maximum absolute atomic E-state index is 12.1. The highest BCUT2D eigenvalue weighted by molar-refractivity contribution is 8.14. The van der Waals surface area contributed by atoms with Gasteiger partial charge in [-0.05, 0) is 32.7 Å². The second-order valence-corrected chi connectivity index (χ2v) is 9.29. The Morgan fingerprint density at radius 1 is 1.15 bits per heavy atom. The number of carbonyl (C=O) groups is 1. The van der Waals surface area contributed by atoms with Gasteiger partial charge in [-0.25, -0.2) is 8.42 Å². The summed E-state index contributed by atoms with van der Waals surface area (Å²) in [5.41, 5.74) is 0. The quantitative estimate of drug-likeness (QED) is 0.717. The predicted molar refractivity (Wildman–Crippen MR) is 77.1 cm³/mol. The van der Waals surface area contributed by atoms with E-state index < -0.39 is 14.3 Å². The zero-order chi connectivity index (χ0) is 14.5. The number of hydrogen-bond acceptors (Lipinski definition) is 4. The van der Waals surface area contributed by atoms with Crippen molar-refractivity contribution in [2.45, 2.75) is 61.9 Å². The lowest BCUT2D eigenvalue weighted by Gasteiger charge is -2.49. The van der Waals surface area contributed by atoms with Gasteiger partial charge in [0.1, 0.15) is 5.25 Å². The fourth-order valence-electron chi connectivity index (χ4n) is 4.08. The van der Waals surface area contributed by atoms with E-state index in [-0.39, 0.29) is 24.9 Å². The molecule has 1 amide bonds. The molecule has 0 aromatic rings. The molecule has 0 aromatic carbocycles. The van der Waals surface area contributed by atoms with Crippen LogP contribution in [0.3, 0.4) is 0 Å². The minimum Gasteiger partial charge on any atom is -0.338 e. The first-order valence-electron chi connectivity index (χ1n) is 7.31. The third-order valence-electron chi connectivity index (χ3n) is 5.28. The van der Waals surface area contributed by atoms with E-state index in [9.17, 15) is 13.2 Å². The first-order valence-corrected chi connectivity index (χ1v) is 9.68. The minimum atomic E-state index is -3.64. The van der Waals surface area contributed by atoms with Crippen LogP contribution in [0.15, 0.2) is 0 Å². The number of halogens is 1. The fourth-order valence-corrected chi connectivity index (χ4v) is 5.12. The van der Waals surface area contributed by atoms with Crippen LogP contribution in [0, 0.1) is 0 Å². The van der Waals surface area contributed by atoms with Crippen molar-refractivity contribution >= 4 is 25.6 Å². The minimum absolute atomic E-state index is 0.0491. The highest BCUT2D eigenvalue weighted by Gasteiger charge is 2.44. The Labute approximate surface area is 124 Å². The summed E-state index contributed by atoms with van der Waals surface area (Å²) >= 11 is 0. The molecule has 0 spiro atoms. The van der Waals surface area contributed by atoms with Crippen LogP contribution < -0.4 is 0 Å². The molecule has 3 saturated heterocycles. The van der Waals surface area contributed by atoms with Crippen molar-refractivity contribution in [3.63, 3.8) is 0 Å². The summed E-state index contributed by atoms with van der Waals surface area (Å²) in [5.74, 6) is -0.0492. The van der Waals surface area contributed by atoms with Crippen LogP contribution >= 0.6 is 10.7 Å². The number of fused-ring (bicyclic) bond motifs is 2. The van der Waals surface area contributed by atoms with Crippen LogP contribution in [0.4, 0.5) is 0 Å². The van der Waals surface area contributed by atoms with E-state index in [1.807, 2.05) is 0 Å². The van der Waals surface area contributed by atoms with Crippen molar-refractivity contribution in [3.05, 3.63) is 0 Å². The fraction of sp³-hybridized carbons (Fsp3) is 0.923. The van der Waals surface area contributed by atoms with Crippen LogP contribution in [-0.2, 0) is 13.8 Å². The number of nitrogens with zero attached hydrogens (tertiary/aromatic N) is 2. The number of piperidine rings is 2. The predicted octanol–water partition coefficient (Wildman–Crippen LogP) is 1.17. The van der Waals surface area contributed by atoms with E-state index in [2.05, 4.69) is 11.9 Å². The molecular formula is C13H21ClN2O3S. The third kappa shape index (κ3) is 2.57. The molecule has 5 nitrogen and oxygen atoms in total. The molecule has 4 atom stereocenters. The average molecular weight is 321 g/mol. The number of carbonyl (C=O) groups excluding carboxylic acids is 1. The molecule has 2 unspecified atom stereocenters. The van der Waals surface area contributed by atoms with E-state index >= 15 is 0 Å². The number of amides is 1. The van der Waals surface area contributed by atoms with Gasteiger partial charge in [0.15, 0.2) is 0 Å². The van der Waals surface area contributed by atoms with Gasteiger partial charge in [-0.2, -0.15) is 0 Å². The van der Waals surface area contributed by atoms with E-state index in [1.54, 1.807) is 4.90 Å². The molecular weight excluding hydrogens is 300 g/mol. The number of likely N-dealkylation sites (tertiary alicyclic amines) is 1. The largest absolute Gasteiger partial charge is 0.338 e. The highest BCUT2D eigenvalue weighted by Crippen LogP contribution is 2.36. The van der Waals surface area contributed by atoms with Gasteiger partial charge in [-0.3, -0.25) is 4.79 Å². The maximum atomic E-state index is 12.1. The molecule has 114 valence electrons. The Morgan fingerprint density at radius 3 is 2.25 bits per heavy atom. The molecule has 3 rings (SSSR count). The Morgan fingerprint density at radius 2 is 1.75 bits per heavy atom. The van der Waals surface area contributed by atoms with Gasteiger partial charge in [0.25, 0.3) is 0 Å². The standard InChI is InChI=1S/C13H21ClN2O3S/c1-15-9-3-2-4-10(15)6-11(5-9)16-8-12(7-13(16)17)20(14,18)19/h9-12H,2-8H2,1H3/t9-,10+,11?,12?. The lowest BCUT2D eigenvalue weighted by Crippen LogP contribution is -2.55. The van der Waals surface area contributed by atoms with Crippen LogP contribution in [-0.4, -0.2) is 61.1 Å². The van der Waals surface area contributed by atoms with Crippen molar-refractivity contribution in [2.75, 3.05) is 13.6 Å². The van der Waals surface area contributed by atoms with Gasteiger partial charge in [0.2, 0.25) is 15.0 Å². The summed E-state index contributed by atoms with van der Waals surface area (Å²) in [5, 5.41) is -0.726. The van der Waals surface area contributed by atoms with Gasteiger partial charge >= 0.3 is 0 Å². The Balaban J connectivity index is 1.73. The van der Waals surface area contributed by atoms with Crippen molar-refractivity contribution in [1.82, 2.24) is 9.80 Å². The molecule has 3 aliphatic heterocycles. The molecule has 0 aromatic heterocycles. The summed E-state index contributed by atoms with van der Waals surface area (Å²) in [6.45, 7) is 0.276. The van der Waals surface area contributed by atoms with Crippen LogP contribution in [0.1, 0.15) is 38.5 Å². The second-order valence-electron chi connectivity index (χ2n) is 6.38. The molecule has 2 bridgehead atoms. The van der Waals surface area contributed by atoms with Crippen molar-refractivity contribution in [3.8, 4) is 0 Å². The number of rotatable bonds is 2. The van der Waals surface area contributed by atoms with Crippen molar-refractivity contribution < 1.29 is 13.2 Å². The molecule has 3 heterocycles. The van der Waals surface area contributed by atoms with Gasteiger partial charge < -0.3 is 9.80 Å². The highest BCUT2D eigenvalue weighted by atomic mass is 35.7. The lowest BCUT2D eigenvalue weighted by molar-refractivity contribution is -0.131. The van der Waals surface area contributed by atoms with Gasteiger partial charge in [-0.15, -0.1) is 0 Å². The van der Waals surface area contributed by atoms with E-state index in [0.717, 1.165) is 12.8 Å². The van der Waals surface area contributed by atoms with E-state index in [4.69, 9.17) is 10.7 Å². The maximum Gasteiger partial charge on any atom is 0.237 e. The van der Waals surface area contributed by atoms with E-state index in [0.29, 0.717) is 12.1 Å². The topological polar surface area (TPSA) is 57.7 Å². The summed E-state index contributed by atoms with van der Waals surface area (Å²) in [6, 6.07) is 1.26. The molecule has 3 fully saturated rings. The second kappa shape index (κ2) is 5.14. The van der Waals surface area contributed by atoms with Gasteiger partial charge in [0, 0.05) is 41.8 Å². The Bertz CT molecular complexity index is 496. The molecule has 20 heavy (non-hydrogen) atoms. The molecule has 7 heteroatoms. The first-order chi connectivity index (χ1) is 9.36. The normalized spacial score (nSPS) is 39.3. The summed E-state index contributed by atoms with van der Waals surface area (Å²) in [7, 11) is 3.95. The van der Waals surface area contributed by atoms with Crippen molar-refractivity contribution in [2.24, 2.45) is 0 Å². The molecule has 3 aliphatic rings. The Kier molecular flexibility index (Phi) is 3.75. The average Bonchev–Trinajstić information content (AvgIpc) is 2.71. The van der Waals surface area contributed by atoms with Gasteiger partial charge in [0.05, 0.1) is 0 Å². The SMILES string of the molecule is CN1[C@@H]2CCC[C@H]1CC(N1CC(S(=O)(=O)Cl)CC1=O)C2. The van der Waals surface area contributed by atoms with Crippen LogP contribution in [0.5, 0.6) is 0 Å². The van der Waals surface area contributed by atoms with Crippen LogP contribution in [0.25, 0.3) is 0 Å². The first kappa shape index (κ1) is 14.6. The molecule has 0 aliphatic carbocycles. The van der Waals surface area contributed by atoms with Crippen LogP contribution in [0.2, 0.25) is 0 Å². The summed E-state index contributed by atoms with van der Waals surface area (Å²) < 4.78 is 22.9. The monoisotopic (exact) mass is 320 g/mol. The van der Waals surface area contributed by atoms with Gasteiger partial charge in [-0.1, -0.05) is 6.42 Å². The Hall–Kier alpha value is -0.330. The zero-order valence-electron chi connectivity index (χ0n) is 11.7. The molecule has 0 N–H and O–H groups in total. The third-order valence-corrected chi connectivity index (χ3v) is 7.14. The zero-order valence-corrected chi connectivity index (χ0v) is 13.2. The summed E-state index contributed by atoms with van der Waals surface area (Å²) in [4.78, 5) is 16.3. The smallest absolute Gasteiger partial charge is 0.237 e. The van der Waals surface area contributed by atoms with E-state index in [1.165, 1.54) is 19.3 Å². The molecule has 0 radical (unpaired) electrons. The van der Waals surface area contributed by atoms with Crippen molar-refractivity contribution in [1.29, 1.82) is 0 Å².